The predicted molar refractivity (Wildman–Crippen MR) is 129 cm³/mol. The number of allylic oxidation sites excluding steroid dienone is 4. The van der Waals surface area contributed by atoms with E-state index in [0.717, 1.165) is 35.5 Å². The van der Waals surface area contributed by atoms with Crippen molar-refractivity contribution >= 4 is 0 Å². The van der Waals surface area contributed by atoms with Crippen molar-refractivity contribution in [3.05, 3.63) is 24.3 Å². The van der Waals surface area contributed by atoms with Crippen LogP contribution in [0.5, 0.6) is 0 Å². The molecule has 0 nitrogen and oxygen atoms in total. The summed E-state index contributed by atoms with van der Waals surface area (Å²) in [5, 5.41) is 0. The first kappa shape index (κ1) is 23.1. The molecule has 0 amide bonds. The molecule has 0 bridgehead atoms. The lowest BCUT2D eigenvalue weighted by molar-refractivity contribution is 0.141. The molecule has 0 spiro atoms. The van der Waals surface area contributed by atoms with Crippen LogP contribution in [0.4, 0.5) is 0 Å². The normalized spacial score (nSPS) is 36.8. The standard InChI is InChI=1S/C29H50/c1-3-5-9-25-12-14-26(15-13-25)10-6-7-11-27-18-22-29(23-19-27)28-20-16-24(8-4-2)17-21-28/h5-6,9-10,24-29H,3-4,7-8,11-23H2,1-2H3. The van der Waals surface area contributed by atoms with Crippen LogP contribution in [-0.2, 0) is 0 Å². The summed E-state index contributed by atoms with van der Waals surface area (Å²) in [7, 11) is 0. The van der Waals surface area contributed by atoms with E-state index in [9.17, 15) is 0 Å². The highest BCUT2D eigenvalue weighted by Gasteiger charge is 2.30. The Labute approximate surface area is 183 Å². The summed E-state index contributed by atoms with van der Waals surface area (Å²) >= 11 is 0. The zero-order valence-corrected chi connectivity index (χ0v) is 19.8. The molecular formula is C29H50. The van der Waals surface area contributed by atoms with Crippen molar-refractivity contribution in [2.75, 3.05) is 0 Å². The summed E-state index contributed by atoms with van der Waals surface area (Å²) in [6.07, 6.45) is 34.9. The molecule has 0 heteroatoms. The van der Waals surface area contributed by atoms with Crippen molar-refractivity contribution in [2.24, 2.45) is 35.5 Å². The molecule has 0 heterocycles. The molecule has 3 aliphatic rings. The monoisotopic (exact) mass is 398 g/mol. The van der Waals surface area contributed by atoms with Crippen LogP contribution in [0.3, 0.4) is 0 Å². The molecule has 3 rings (SSSR count). The number of rotatable bonds is 9. The highest BCUT2D eigenvalue weighted by Crippen LogP contribution is 2.43. The summed E-state index contributed by atoms with van der Waals surface area (Å²) < 4.78 is 0. The molecule has 3 fully saturated rings. The van der Waals surface area contributed by atoms with Crippen molar-refractivity contribution in [1.82, 2.24) is 0 Å². The minimum atomic E-state index is 0.872. The molecule has 0 aromatic rings. The van der Waals surface area contributed by atoms with Gasteiger partial charge >= 0.3 is 0 Å². The lowest BCUT2D eigenvalue weighted by atomic mass is 9.68. The lowest BCUT2D eigenvalue weighted by Gasteiger charge is -2.38. The van der Waals surface area contributed by atoms with E-state index in [1.807, 2.05) is 0 Å². The summed E-state index contributed by atoms with van der Waals surface area (Å²) in [5.74, 6) is 6.02. The van der Waals surface area contributed by atoms with E-state index < -0.39 is 0 Å². The Morgan fingerprint density at radius 1 is 0.552 bits per heavy atom. The Bertz CT molecular complexity index is 462. The van der Waals surface area contributed by atoms with Crippen molar-refractivity contribution in [3.63, 3.8) is 0 Å². The second-order valence-electron chi connectivity index (χ2n) is 10.9. The van der Waals surface area contributed by atoms with Gasteiger partial charge in [-0.25, -0.2) is 0 Å². The fraction of sp³-hybridized carbons (Fsp3) is 0.862. The van der Waals surface area contributed by atoms with Gasteiger partial charge in [-0.3, -0.25) is 0 Å². The molecule has 0 saturated heterocycles. The Hall–Kier alpha value is -0.520. The molecule has 0 aromatic carbocycles. The van der Waals surface area contributed by atoms with E-state index in [4.69, 9.17) is 0 Å². The first-order valence-electron chi connectivity index (χ1n) is 13.6. The molecule has 3 saturated carbocycles. The fourth-order valence-corrected chi connectivity index (χ4v) is 6.78. The summed E-state index contributed by atoms with van der Waals surface area (Å²) in [4.78, 5) is 0. The Morgan fingerprint density at radius 3 is 1.52 bits per heavy atom. The number of hydrogen-bond acceptors (Lipinski definition) is 0. The smallest absolute Gasteiger partial charge is 0.0233 e. The van der Waals surface area contributed by atoms with Crippen LogP contribution in [0, 0.1) is 35.5 Å². The predicted octanol–water partition coefficient (Wildman–Crippen LogP) is 9.51. The maximum Gasteiger partial charge on any atom is -0.0233 e. The molecule has 0 atom stereocenters. The van der Waals surface area contributed by atoms with Crippen molar-refractivity contribution in [2.45, 2.75) is 123 Å². The zero-order valence-electron chi connectivity index (χ0n) is 19.8. The first-order chi connectivity index (χ1) is 14.3. The van der Waals surface area contributed by atoms with Gasteiger partial charge in [0.15, 0.2) is 0 Å². The molecule has 29 heavy (non-hydrogen) atoms. The quantitative estimate of drug-likeness (QED) is 0.339. The minimum Gasteiger partial charge on any atom is -0.0885 e. The average molecular weight is 399 g/mol. The van der Waals surface area contributed by atoms with Crippen LogP contribution >= 0.6 is 0 Å². The second-order valence-corrected chi connectivity index (χ2v) is 10.9. The van der Waals surface area contributed by atoms with E-state index in [1.54, 1.807) is 38.5 Å². The van der Waals surface area contributed by atoms with E-state index >= 15 is 0 Å². The van der Waals surface area contributed by atoms with E-state index in [1.165, 1.54) is 70.6 Å². The minimum absolute atomic E-state index is 0.872. The first-order valence-corrected chi connectivity index (χ1v) is 13.6. The van der Waals surface area contributed by atoms with Gasteiger partial charge in [0.25, 0.3) is 0 Å². The molecular weight excluding hydrogens is 348 g/mol. The Morgan fingerprint density at radius 2 is 1.03 bits per heavy atom. The van der Waals surface area contributed by atoms with Gasteiger partial charge in [0.2, 0.25) is 0 Å². The summed E-state index contributed by atoms with van der Waals surface area (Å²) in [6, 6.07) is 0. The maximum absolute atomic E-state index is 2.58. The number of hydrogen-bond donors (Lipinski definition) is 0. The van der Waals surface area contributed by atoms with Gasteiger partial charge in [-0.15, -0.1) is 0 Å². The van der Waals surface area contributed by atoms with E-state index in [2.05, 4.69) is 38.2 Å². The van der Waals surface area contributed by atoms with Crippen LogP contribution in [0.1, 0.15) is 123 Å². The molecule has 0 unspecified atom stereocenters. The highest BCUT2D eigenvalue weighted by molar-refractivity contribution is 4.96. The third-order valence-electron chi connectivity index (χ3n) is 8.76. The van der Waals surface area contributed by atoms with Crippen LogP contribution < -0.4 is 0 Å². The molecule has 166 valence electrons. The van der Waals surface area contributed by atoms with Gasteiger partial charge < -0.3 is 0 Å². The Kier molecular flexibility index (Phi) is 10.4. The van der Waals surface area contributed by atoms with Crippen molar-refractivity contribution in [3.8, 4) is 0 Å². The zero-order chi connectivity index (χ0) is 20.3. The van der Waals surface area contributed by atoms with E-state index in [-0.39, 0.29) is 0 Å². The van der Waals surface area contributed by atoms with Gasteiger partial charge in [0.1, 0.15) is 0 Å². The van der Waals surface area contributed by atoms with Crippen molar-refractivity contribution in [1.29, 1.82) is 0 Å². The lowest BCUT2D eigenvalue weighted by Crippen LogP contribution is -2.25. The largest absolute Gasteiger partial charge is 0.0885 e. The summed E-state index contributed by atoms with van der Waals surface area (Å²) in [5.41, 5.74) is 0. The third kappa shape index (κ3) is 7.91. The fourth-order valence-electron chi connectivity index (χ4n) is 6.78. The van der Waals surface area contributed by atoms with Gasteiger partial charge in [0.05, 0.1) is 0 Å². The highest BCUT2D eigenvalue weighted by atomic mass is 14.4. The van der Waals surface area contributed by atoms with Gasteiger partial charge in [-0.1, -0.05) is 76.7 Å². The molecule has 0 aliphatic heterocycles. The SMILES string of the molecule is CCC=CC1CCC(C=CCCC2CCC(C3CCC(CCC)CC3)CC2)CC1. The third-order valence-corrected chi connectivity index (χ3v) is 8.76. The second kappa shape index (κ2) is 13.0. The maximum atomic E-state index is 2.58. The summed E-state index contributed by atoms with van der Waals surface area (Å²) in [6.45, 7) is 4.61. The molecule has 3 aliphatic carbocycles. The van der Waals surface area contributed by atoms with Crippen molar-refractivity contribution < 1.29 is 0 Å². The van der Waals surface area contributed by atoms with Crippen LogP contribution in [0.2, 0.25) is 0 Å². The van der Waals surface area contributed by atoms with Crippen LogP contribution in [0.25, 0.3) is 0 Å². The van der Waals surface area contributed by atoms with Gasteiger partial charge in [-0.05, 0) is 106 Å². The average Bonchev–Trinajstić information content (AvgIpc) is 2.77. The van der Waals surface area contributed by atoms with Gasteiger partial charge in [0, 0.05) is 0 Å². The Balaban J connectivity index is 1.25. The topological polar surface area (TPSA) is 0 Å². The van der Waals surface area contributed by atoms with Gasteiger partial charge in [-0.2, -0.15) is 0 Å². The molecule has 0 N–H and O–H groups in total. The molecule has 0 aromatic heterocycles. The molecule has 0 radical (unpaired) electrons. The van der Waals surface area contributed by atoms with Crippen LogP contribution in [-0.4, -0.2) is 0 Å². The van der Waals surface area contributed by atoms with Crippen LogP contribution in [0.15, 0.2) is 24.3 Å². The van der Waals surface area contributed by atoms with E-state index in [0.29, 0.717) is 0 Å².